The summed E-state index contributed by atoms with van der Waals surface area (Å²) in [5.41, 5.74) is 6.39. The van der Waals surface area contributed by atoms with Gasteiger partial charge in [-0.15, -0.1) is 0 Å². The molecule has 0 aromatic heterocycles. The summed E-state index contributed by atoms with van der Waals surface area (Å²) >= 11 is 0. The summed E-state index contributed by atoms with van der Waals surface area (Å²) in [6.07, 6.45) is 0. The molecule has 8 nitrogen and oxygen atoms in total. The molecule has 0 amide bonds. The fourth-order valence-corrected chi connectivity index (χ4v) is 1.83. The predicted octanol–water partition coefficient (Wildman–Crippen LogP) is 1.28. The number of benzene rings is 1. The van der Waals surface area contributed by atoms with E-state index in [0.29, 0.717) is 70.9 Å². The maximum absolute atomic E-state index is 10.5. The van der Waals surface area contributed by atoms with Gasteiger partial charge in [-0.25, -0.2) is 0 Å². The highest BCUT2D eigenvalue weighted by Crippen LogP contribution is 2.19. The van der Waals surface area contributed by atoms with E-state index in [4.69, 9.17) is 34.2 Å². The van der Waals surface area contributed by atoms with Crippen LogP contribution >= 0.6 is 0 Å². The number of hydrogen-bond acceptors (Lipinski definition) is 8. The summed E-state index contributed by atoms with van der Waals surface area (Å²) in [6, 6.07) is 7.35. The zero-order valence-corrected chi connectivity index (χ0v) is 15.3. The van der Waals surface area contributed by atoms with Crippen molar-refractivity contribution >= 4 is 11.7 Å². The number of rotatable bonds is 16. The second-order valence-electron chi connectivity index (χ2n) is 5.18. The topological polar surface area (TPSA) is 98.5 Å². The van der Waals surface area contributed by atoms with Gasteiger partial charge in [-0.1, -0.05) is 12.1 Å². The molecule has 0 spiro atoms. The number of nitrogens with two attached hydrogens (primary N) is 1. The van der Waals surface area contributed by atoms with Crippen LogP contribution in [0.2, 0.25) is 0 Å². The molecule has 8 heteroatoms. The molecule has 0 fully saturated rings. The summed E-state index contributed by atoms with van der Waals surface area (Å²) in [6.45, 7) is 5.81. The molecule has 0 atom stereocenters. The number of carbonyl (C=O) groups is 1. The summed E-state index contributed by atoms with van der Waals surface area (Å²) < 4.78 is 31.6. The standard InChI is InChI=1S/C18H29NO7/c1-16(20)25-14-12-23-10-8-21-6-7-22-9-11-24-13-15-26-18-5-3-2-4-17(18)19/h2-5H,6-15,19H2,1H3. The number of nitrogen functional groups attached to an aromatic ring is 1. The molecule has 0 saturated heterocycles. The molecule has 0 aliphatic carbocycles. The molecule has 148 valence electrons. The van der Waals surface area contributed by atoms with Gasteiger partial charge in [-0.3, -0.25) is 4.79 Å². The average Bonchev–Trinajstić information content (AvgIpc) is 2.62. The fourth-order valence-electron chi connectivity index (χ4n) is 1.83. The molecule has 0 aliphatic heterocycles. The smallest absolute Gasteiger partial charge is 0.302 e. The Hall–Kier alpha value is -1.87. The van der Waals surface area contributed by atoms with Crippen molar-refractivity contribution in [3.05, 3.63) is 24.3 Å². The zero-order chi connectivity index (χ0) is 18.9. The van der Waals surface area contributed by atoms with Gasteiger partial charge in [-0.05, 0) is 12.1 Å². The lowest BCUT2D eigenvalue weighted by Crippen LogP contribution is -2.14. The largest absolute Gasteiger partial charge is 0.489 e. The second-order valence-corrected chi connectivity index (χ2v) is 5.18. The first-order valence-corrected chi connectivity index (χ1v) is 8.62. The molecule has 0 aliphatic rings. The Bertz CT molecular complexity index is 484. The van der Waals surface area contributed by atoms with E-state index in [1.165, 1.54) is 6.92 Å². The Kier molecular flexibility index (Phi) is 13.1. The lowest BCUT2D eigenvalue weighted by molar-refractivity contribution is -0.142. The highest BCUT2D eigenvalue weighted by Gasteiger charge is 1.98. The van der Waals surface area contributed by atoms with Gasteiger partial charge in [0.15, 0.2) is 0 Å². The van der Waals surface area contributed by atoms with Crippen LogP contribution in [0.3, 0.4) is 0 Å². The molecule has 0 heterocycles. The minimum absolute atomic E-state index is 0.266. The van der Waals surface area contributed by atoms with Crippen molar-refractivity contribution in [2.24, 2.45) is 0 Å². The molecule has 26 heavy (non-hydrogen) atoms. The number of esters is 1. The van der Waals surface area contributed by atoms with E-state index in [1.807, 2.05) is 18.2 Å². The van der Waals surface area contributed by atoms with E-state index in [2.05, 4.69) is 0 Å². The number of anilines is 1. The van der Waals surface area contributed by atoms with Crippen LogP contribution in [0, 0.1) is 0 Å². The normalized spacial score (nSPS) is 10.7. The van der Waals surface area contributed by atoms with Gasteiger partial charge in [0.05, 0.1) is 58.5 Å². The predicted molar refractivity (Wildman–Crippen MR) is 96.3 cm³/mol. The van der Waals surface area contributed by atoms with Crippen LogP contribution in [0.1, 0.15) is 6.92 Å². The quantitative estimate of drug-likeness (QED) is 0.264. The molecule has 2 N–H and O–H groups in total. The van der Waals surface area contributed by atoms with Gasteiger partial charge in [0, 0.05) is 6.92 Å². The van der Waals surface area contributed by atoms with Gasteiger partial charge in [0.2, 0.25) is 0 Å². The Morgan fingerprint density at radius 3 is 1.73 bits per heavy atom. The van der Waals surface area contributed by atoms with Crippen molar-refractivity contribution in [1.29, 1.82) is 0 Å². The third-order valence-electron chi connectivity index (χ3n) is 3.05. The SMILES string of the molecule is CC(=O)OCCOCCOCCOCCOCCOc1ccccc1N. The summed E-state index contributed by atoms with van der Waals surface area (Å²) in [5.74, 6) is 0.360. The fraction of sp³-hybridized carbons (Fsp3) is 0.611. The number of carbonyl (C=O) groups excluding carboxylic acids is 1. The molecule has 0 radical (unpaired) electrons. The van der Waals surface area contributed by atoms with Gasteiger partial charge < -0.3 is 34.2 Å². The first-order chi connectivity index (χ1) is 12.7. The van der Waals surface area contributed by atoms with Crippen molar-refractivity contribution in [2.75, 3.05) is 71.8 Å². The van der Waals surface area contributed by atoms with Gasteiger partial charge >= 0.3 is 5.97 Å². The summed E-state index contributed by atoms with van der Waals surface area (Å²) in [7, 11) is 0. The minimum Gasteiger partial charge on any atom is -0.489 e. The van der Waals surface area contributed by atoms with Crippen LogP contribution in [0.15, 0.2) is 24.3 Å². The maximum Gasteiger partial charge on any atom is 0.302 e. The zero-order valence-electron chi connectivity index (χ0n) is 15.3. The monoisotopic (exact) mass is 371 g/mol. The first-order valence-electron chi connectivity index (χ1n) is 8.62. The average molecular weight is 371 g/mol. The Labute approximate surface area is 154 Å². The lowest BCUT2D eigenvalue weighted by Gasteiger charge is -2.09. The van der Waals surface area contributed by atoms with Crippen molar-refractivity contribution in [1.82, 2.24) is 0 Å². The van der Waals surface area contributed by atoms with Crippen LogP contribution in [-0.2, 0) is 28.5 Å². The van der Waals surface area contributed by atoms with E-state index in [0.717, 1.165) is 0 Å². The van der Waals surface area contributed by atoms with Crippen LogP contribution in [0.4, 0.5) is 5.69 Å². The third kappa shape index (κ3) is 12.5. The Morgan fingerprint density at radius 1 is 0.769 bits per heavy atom. The van der Waals surface area contributed by atoms with Crippen LogP contribution in [-0.4, -0.2) is 72.0 Å². The number of para-hydroxylation sites is 2. The van der Waals surface area contributed by atoms with Gasteiger partial charge in [0.25, 0.3) is 0 Å². The van der Waals surface area contributed by atoms with E-state index in [1.54, 1.807) is 6.07 Å². The van der Waals surface area contributed by atoms with Crippen molar-refractivity contribution in [3.63, 3.8) is 0 Å². The summed E-state index contributed by atoms with van der Waals surface area (Å²) in [4.78, 5) is 10.5. The van der Waals surface area contributed by atoms with Crippen LogP contribution < -0.4 is 10.5 Å². The first kappa shape index (κ1) is 22.2. The number of ether oxygens (including phenoxy) is 6. The van der Waals surface area contributed by atoms with Crippen molar-refractivity contribution < 1.29 is 33.2 Å². The van der Waals surface area contributed by atoms with Crippen molar-refractivity contribution in [3.8, 4) is 5.75 Å². The van der Waals surface area contributed by atoms with Gasteiger partial charge in [0.1, 0.15) is 19.0 Å². The molecular formula is C18H29NO7. The molecule has 1 aromatic rings. The molecule has 0 bridgehead atoms. The molecule has 0 saturated carbocycles. The van der Waals surface area contributed by atoms with E-state index in [9.17, 15) is 4.79 Å². The number of hydrogen-bond donors (Lipinski definition) is 1. The lowest BCUT2D eigenvalue weighted by atomic mass is 10.3. The molecular weight excluding hydrogens is 342 g/mol. The highest BCUT2D eigenvalue weighted by molar-refractivity contribution is 5.65. The summed E-state index contributed by atoms with van der Waals surface area (Å²) in [5, 5.41) is 0. The van der Waals surface area contributed by atoms with Gasteiger partial charge in [-0.2, -0.15) is 0 Å². The van der Waals surface area contributed by atoms with Crippen LogP contribution in [0.25, 0.3) is 0 Å². The molecule has 0 unspecified atom stereocenters. The molecule has 1 aromatic carbocycles. The minimum atomic E-state index is -0.306. The van der Waals surface area contributed by atoms with E-state index < -0.39 is 0 Å². The Morgan fingerprint density at radius 2 is 1.23 bits per heavy atom. The second kappa shape index (κ2) is 15.4. The highest BCUT2D eigenvalue weighted by atomic mass is 16.6. The maximum atomic E-state index is 10.5. The molecule has 1 rings (SSSR count). The van der Waals surface area contributed by atoms with Crippen molar-refractivity contribution in [2.45, 2.75) is 6.92 Å². The third-order valence-corrected chi connectivity index (χ3v) is 3.05. The Balaban J connectivity index is 1.76. The van der Waals surface area contributed by atoms with Crippen LogP contribution in [0.5, 0.6) is 5.75 Å². The van der Waals surface area contributed by atoms with E-state index in [-0.39, 0.29) is 12.6 Å². The van der Waals surface area contributed by atoms with E-state index >= 15 is 0 Å².